The van der Waals surface area contributed by atoms with Crippen molar-refractivity contribution in [3.63, 3.8) is 0 Å². The molecule has 2 aromatic rings. The smallest absolute Gasteiger partial charge is 0.258 e. The predicted octanol–water partition coefficient (Wildman–Crippen LogP) is 2.81. The summed E-state index contributed by atoms with van der Waals surface area (Å²) in [7, 11) is 2.09. The summed E-state index contributed by atoms with van der Waals surface area (Å²) in [5, 5.41) is 7.52. The molecular weight excluding hydrogens is 356 g/mol. The van der Waals surface area contributed by atoms with Crippen molar-refractivity contribution in [2.24, 2.45) is 0 Å². The van der Waals surface area contributed by atoms with Crippen molar-refractivity contribution in [1.29, 1.82) is 0 Å². The first-order valence-corrected chi connectivity index (χ1v) is 7.45. The van der Waals surface area contributed by atoms with Gasteiger partial charge in [0.05, 0.1) is 6.04 Å². The van der Waals surface area contributed by atoms with Crippen LogP contribution in [0.2, 0.25) is 0 Å². The fraction of sp³-hybridized carbons (Fsp3) is 0.429. The van der Waals surface area contributed by atoms with Crippen molar-refractivity contribution in [1.82, 2.24) is 20.4 Å². The van der Waals surface area contributed by atoms with Gasteiger partial charge >= 0.3 is 0 Å². The minimum absolute atomic E-state index is 0. The van der Waals surface area contributed by atoms with Crippen LogP contribution in [0.4, 0.5) is 0 Å². The normalized spacial score (nSPS) is 19.3. The molecule has 1 saturated heterocycles. The first-order chi connectivity index (χ1) is 9.65. The van der Waals surface area contributed by atoms with Gasteiger partial charge in [-0.1, -0.05) is 27.2 Å². The third-order valence-electron chi connectivity index (χ3n) is 3.68. The van der Waals surface area contributed by atoms with Gasteiger partial charge in [0.1, 0.15) is 0 Å². The van der Waals surface area contributed by atoms with Gasteiger partial charge in [-0.25, -0.2) is 0 Å². The average molecular weight is 374 g/mol. The number of aromatic nitrogens is 2. The fourth-order valence-electron chi connectivity index (χ4n) is 2.40. The summed E-state index contributed by atoms with van der Waals surface area (Å²) in [6.07, 6.45) is 0. The van der Waals surface area contributed by atoms with Crippen LogP contribution in [0.25, 0.3) is 11.5 Å². The number of rotatable bonds is 2. The molecule has 0 spiro atoms. The molecule has 5 nitrogen and oxygen atoms in total. The van der Waals surface area contributed by atoms with Crippen LogP contribution in [0.1, 0.15) is 17.4 Å². The Bertz CT molecular complexity index is 619. The number of hydrogen-bond donors (Lipinski definition) is 1. The second-order valence-corrected chi connectivity index (χ2v) is 6.03. The van der Waals surface area contributed by atoms with Gasteiger partial charge in [0.25, 0.3) is 5.89 Å². The van der Waals surface area contributed by atoms with Gasteiger partial charge in [-0.2, -0.15) is 4.98 Å². The lowest BCUT2D eigenvalue weighted by Crippen LogP contribution is -2.44. The minimum Gasteiger partial charge on any atom is -0.334 e. The van der Waals surface area contributed by atoms with E-state index in [9.17, 15) is 0 Å². The SMILES string of the molecule is Cc1ccc(Br)cc1-c1nc(C2CNCCN2C)no1.Cl. The Hall–Kier alpha value is -0.950. The van der Waals surface area contributed by atoms with Crippen LogP contribution in [0.5, 0.6) is 0 Å². The Morgan fingerprint density at radius 2 is 2.24 bits per heavy atom. The van der Waals surface area contributed by atoms with Crippen LogP contribution >= 0.6 is 28.3 Å². The van der Waals surface area contributed by atoms with Crippen LogP contribution in [-0.2, 0) is 0 Å². The largest absolute Gasteiger partial charge is 0.334 e. The van der Waals surface area contributed by atoms with E-state index >= 15 is 0 Å². The molecule has 1 N–H and O–H groups in total. The molecule has 0 amide bonds. The predicted molar refractivity (Wildman–Crippen MR) is 87.7 cm³/mol. The Balaban J connectivity index is 0.00000161. The zero-order valence-corrected chi connectivity index (χ0v) is 14.4. The summed E-state index contributed by atoms with van der Waals surface area (Å²) in [4.78, 5) is 6.83. The van der Waals surface area contributed by atoms with Crippen molar-refractivity contribution in [2.45, 2.75) is 13.0 Å². The molecule has 0 radical (unpaired) electrons. The number of hydrogen-bond acceptors (Lipinski definition) is 5. The molecule has 0 bridgehead atoms. The molecule has 1 atom stereocenters. The van der Waals surface area contributed by atoms with E-state index in [4.69, 9.17) is 4.52 Å². The highest BCUT2D eigenvalue weighted by Gasteiger charge is 2.25. The van der Waals surface area contributed by atoms with E-state index in [1.54, 1.807) is 0 Å². The number of halogens is 2. The van der Waals surface area contributed by atoms with E-state index in [1.165, 1.54) is 0 Å². The first-order valence-electron chi connectivity index (χ1n) is 6.66. The first kappa shape index (κ1) is 16.4. The minimum atomic E-state index is 0. The molecule has 1 aromatic heterocycles. The second kappa shape index (κ2) is 6.87. The van der Waals surface area contributed by atoms with E-state index in [-0.39, 0.29) is 18.4 Å². The molecule has 1 unspecified atom stereocenters. The lowest BCUT2D eigenvalue weighted by atomic mass is 10.1. The summed E-state index contributed by atoms with van der Waals surface area (Å²) in [5.41, 5.74) is 2.10. The average Bonchev–Trinajstić information content (AvgIpc) is 2.91. The summed E-state index contributed by atoms with van der Waals surface area (Å²) >= 11 is 3.48. The van der Waals surface area contributed by atoms with Crippen LogP contribution in [-0.4, -0.2) is 41.7 Å². The third kappa shape index (κ3) is 3.45. The molecule has 3 rings (SSSR count). The maximum atomic E-state index is 5.45. The zero-order chi connectivity index (χ0) is 14.1. The molecule has 0 aliphatic carbocycles. The molecule has 21 heavy (non-hydrogen) atoms. The second-order valence-electron chi connectivity index (χ2n) is 5.12. The molecule has 1 aliphatic rings. The summed E-state index contributed by atoms with van der Waals surface area (Å²) in [6, 6.07) is 6.23. The zero-order valence-electron chi connectivity index (χ0n) is 12.0. The maximum absolute atomic E-state index is 5.45. The third-order valence-corrected chi connectivity index (χ3v) is 4.17. The van der Waals surface area contributed by atoms with E-state index < -0.39 is 0 Å². The molecule has 1 fully saturated rings. The Kier molecular flexibility index (Phi) is 5.37. The highest BCUT2D eigenvalue weighted by molar-refractivity contribution is 9.10. The molecule has 0 saturated carbocycles. The highest BCUT2D eigenvalue weighted by Crippen LogP contribution is 2.27. The van der Waals surface area contributed by atoms with Gasteiger partial charge in [-0.05, 0) is 31.7 Å². The topological polar surface area (TPSA) is 54.2 Å². The Morgan fingerprint density at radius 1 is 1.43 bits per heavy atom. The van der Waals surface area contributed by atoms with E-state index in [0.29, 0.717) is 5.89 Å². The molecule has 2 heterocycles. The van der Waals surface area contributed by atoms with Crippen molar-refractivity contribution < 1.29 is 4.52 Å². The van der Waals surface area contributed by atoms with Crippen LogP contribution in [0.15, 0.2) is 27.2 Å². The maximum Gasteiger partial charge on any atom is 0.258 e. The van der Waals surface area contributed by atoms with Gasteiger partial charge in [0, 0.05) is 29.7 Å². The van der Waals surface area contributed by atoms with Crippen LogP contribution in [0, 0.1) is 6.92 Å². The molecule has 114 valence electrons. The van der Waals surface area contributed by atoms with E-state index in [1.807, 2.05) is 25.1 Å². The quantitative estimate of drug-likeness (QED) is 0.877. The number of nitrogens with zero attached hydrogens (tertiary/aromatic N) is 3. The van der Waals surface area contributed by atoms with Gasteiger partial charge in [-0.15, -0.1) is 12.4 Å². The fourth-order valence-corrected chi connectivity index (χ4v) is 2.76. The van der Waals surface area contributed by atoms with E-state index in [2.05, 4.69) is 43.3 Å². The molecule has 7 heteroatoms. The highest BCUT2D eigenvalue weighted by atomic mass is 79.9. The van der Waals surface area contributed by atoms with E-state index in [0.717, 1.165) is 41.1 Å². The van der Waals surface area contributed by atoms with Gasteiger partial charge in [0.2, 0.25) is 0 Å². The number of benzene rings is 1. The Morgan fingerprint density at radius 3 is 3.00 bits per heavy atom. The number of nitrogens with one attached hydrogen (secondary N) is 1. The molecule has 1 aromatic carbocycles. The van der Waals surface area contributed by atoms with Crippen LogP contribution in [0.3, 0.4) is 0 Å². The number of aryl methyl sites for hydroxylation is 1. The lowest BCUT2D eigenvalue weighted by Gasteiger charge is -2.30. The van der Waals surface area contributed by atoms with Gasteiger partial charge < -0.3 is 9.84 Å². The lowest BCUT2D eigenvalue weighted by molar-refractivity contribution is 0.190. The van der Waals surface area contributed by atoms with Crippen molar-refractivity contribution in [3.8, 4) is 11.5 Å². The molecule has 1 aliphatic heterocycles. The van der Waals surface area contributed by atoms with Crippen molar-refractivity contribution in [2.75, 3.05) is 26.7 Å². The van der Waals surface area contributed by atoms with Gasteiger partial charge in [-0.3, -0.25) is 4.90 Å². The van der Waals surface area contributed by atoms with Gasteiger partial charge in [0.15, 0.2) is 5.82 Å². The number of piperazine rings is 1. The number of likely N-dealkylation sites (N-methyl/N-ethyl adjacent to an activating group) is 1. The summed E-state index contributed by atoms with van der Waals surface area (Å²) < 4.78 is 6.46. The standard InChI is InChI=1S/C14H17BrN4O.ClH/c1-9-3-4-10(15)7-11(9)14-17-13(18-20-14)12-8-16-5-6-19(12)2;/h3-4,7,12,16H,5-6,8H2,1-2H3;1H. The van der Waals surface area contributed by atoms with Crippen molar-refractivity contribution >= 4 is 28.3 Å². The summed E-state index contributed by atoms with van der Waals surface area (Å²) in [6.45, 7) is 4.89. The Labute approximate surface area is 138 Å². The monoisotopic (exact) mass is 372 g/mol. The van der Waals surface area contributed by atoms with Crippen molar-refractivity contribution in [3.05, 3.63) is 34.1 Å². The molecular formula is C14H18BrClN4O. The summed E-state index contributed by atoms with van der Waals surface area (Å²) in [5.74, 6) is 1.33. The van der Waals surface area contributed by atoms with Crippen LogP contribution < -0.4 is 5.32 Å².